The molecule has 21 heavy (non-hydrogen) atoms. The van der Waals surface area contributed by atoms with Gasteiger partial charge in [-0.05, 0) is 23.3 Å². The number of nitrogens with one attached hydrogen (secondary N) is 1. The predicted octanol–water partition coefficient (Wildman–Crippen LogP) is 5.30. The summed E-state index contributed by atoms with van der Waals surface area (Å²) in [5, 5.41) is 1.14. The summed E-state index contributed by atoms with van der Waals surface area (Å²) in [6.45, 7) is 0. The Morgan fingerprint density at radius 1 is 0.667 bits per heavy atom. The SMILES string of the molecule is [c]1cccc2[nH]c(-c3ccccc3)c(-c3ccccc3)c12. The number of aromatic nitrogens is 1. The maximum Gasteiger partial charge on any atom is 0.0544 e. The highest BCUT2D eigenvalue weighted by Crippen LogP contribution is 2.37. The van der Waals surface area contributed by atoms with E-state index in [-0.39, 0.29) is 0 Å². The van der Waals surface area contributed by atoms with Gasteiger partial charge in [-0.15, -0.1) is 0 Å². The van der Waals surface area contributed by atoms with Crippen molar-refractivity contribution < 1.29 is 0 Å². The molecule has 0 fully saturated rings. The molecule has 1 heterocycles. The van der Waals surface area contributed by atoms with Crippen LogP contribution in [0.3, 0.4) is 0 Å². The standard InChI is InChI=1S/C20H14N/c1-3-9-15(10-4-1)19-17-13-7-8-14-18(17)21-20(19)16-11-5-2-6-12-16/h1-12,14,21H. The number of hydrogen-bond acceptors (Lipinski definition) is 0. The van der Waals surface area contributed by atoms with Crippen molar-refractivity contribution in [2.45, 2.75) is 0 Å². The van der Waals surface area contributed by atoms with E-state index in [2.05, 4.69) is 65.6 Å². The molecule has 0 spiro atoms. The molecule has 0 aliphatic rings. The quantitative estimate of drug-likeness (QED) is 0.507. The van der Waals surface area contributed by atoms with Gasteiger partial charge in [0.2, 0.25) is 0 Å². The fourth-order valence-electron chi connectivity index (χ4n) is 2.78. The van der Waals surface area contributed by atoms with Gasteiger partial charge in [-0.25, -0.2) is 0 Å². The first-order valence-electron chi connectivity index (χ1n) is 7.07. The normalized spacial score (nSPS) is 10.9. The molecule has 1 nitrogen and oxygen atoms in total. The molecule has 1 radical (unpaired) electrons. The highest BCUT2D eigenvalue weighted by molar-refractivity contribution is 6.03. The molecular weight excluding hydrogens is 254 g/mol. The van der Waals surface area contributed by atoms with Gasteiger partial charge in [0, 0.05) is 16.5 Å². The van der Waals surface area contributed by atoms with Crippen molar-refractivity contribution in [1.29, 1.82) is 0 Å². The first-order chi connectivity index (χ1) is 10.4. The third kappa shape index (κ3) is 2.03. The Labute approximate surface area is 123 Å². The lowest BCUT2D eigenvalue weighted by molar-refractivity contribution is 1.45. The molecule has 99 valence electrons. The summed E-state index contributed by atoms with van der Waals surface area (Å²) >= 11 is 0. The summed E-state index contributed by atoms with van der Waals surface area (Å²) in [4.78, 5) is 3.55. The second-order valence-corrected chi connectivity index (χ2v) is 5.07. The Morgan fingerprint density at radius 2 is 1.33 bits per heavy atom. The molecule has 1 N–H and O–H groups in total. The van der Waals surface area contributed by atoms with E-state index in [0.717, 1.165) is 16.6 Å². The molecule has 0 atom stereocenters. The molecule has 1 aromatic heterocycles. The Bertz CT molecular complexity index is 874. The van der Waals surface area contributed by atoms with E-state index in [1.165, 1.54) is 16.7 Å². The average Bonchev–Trinajstić information content (AvgIpc) is 2.96. The molecule has 0 bridgehead atoms. The van der Waals surface area contributed by atoms with Crippen LogP contribution in [0.4, 0.5) is 0 Å². The minimum absolute atomic E-state index is 1.12. The van der Waals surface area contributed by atoms with Crippen molar-refractivity contribution in [2.75, 3.05) is 0 Å². The molecular formula is C20H14N. The van der Waals surface area contributed by atoms with Gasteiger partial charge in [0.25, 0.3) is 0 Å². The van der Waals surface area contributed by atoms with Gasteiger partial charge in [0.15, 0.2) is 0 Å². The van der Waals surface area contributed by atoms with E-state index >= 15 is 0 Å². The highest BCUT2D eigenvalue weighted by atomic mass is 14.7. The van der Waals surface area contributed by atoms with Crippen LogP contribution < -0.4 is 0 Å². The zero-order valence-electron chi connectivity index (χ0n) is 11.5. The molecule has 4 aromatic rings. The van der Waals surface area contributed by atoms with E-state index in [1.54, 1.807) is 0 Å². The minimum Gasteiger partial charge on any atom is -0.354 e. The smallest absolute Gasteiger partial charge is 0.0544 e. The monoisotopic (exact) mass is 268 g/mol. The van der Waals surface area contributed by atoms with E-state index < -0.39 is 0 Å². The molecule has 0 saturated carbocycles. The van der Waals surface area contributed by atoms with Gasteiger partial charge in [-0.2, -0.15) is 0 Å². The summed E-state index contributed by atoms with van der Waals surface area (Å²) in [6.07, 6.45) is 0. The number of rotatable bonds is 2. The fourth-order valence-corrected chi connectivity index (χ4v) is 2.78. The lowest BCUT2D eigenvalue weighted by Gasteiger charge is -2.05. The summed E-state index contributed by atoms with van der Waals surface area (Å²) in [6, 6.07) is 30.4. The van der Waals surface area contributed by atoms with Crippen molar-refractivity contribution in [2.24, 2.45) is 0 Å². The van der Waals surface area contributed by atoms with Crippen molar-refractivity contribution in [3.8, 4) is 22.4 Å². The Balaban J connectivity index is 2.07. The van der Waals surface area contributed by atoms with Crippen LogP contribution in [0.5, 0.6) is 0 Å². The number of H-pyrrole nitrogens is 1. The number of fused-ring (bicyclic) bond motifs is 1. The summed E-state index contributed by atoms with van der Waals surface area (Å²) in [5.74, 6) is 0. The largest absolute Gasteiger partial charge is 0.354 e. The molecule has 0 amide bonds. The summed E-state index contributed by atoms with van der Waals surface area (Å²) in [7, 11) is 0. The Morgan fingerprint density at radius 3 is 2.05 bits per heavy atom. The minimum atomic E-state index is 1.12. The number of benzene rings is 3. The van der Waals surface area contributed by atoms with Gasteiger partial charge in [-0.1, -0.05) is 72.8 Å². The zero-order chi connectivity index (χ0) is 14.1. The molecule has 3 aromatic carbocycles. The highest BCUT2D eigenvalue weighted by Gasteiger charge is 2.14. The third-order valence-corrected chi connectivity index (χ3v) is 3.74. The molecule has 0 unspecified atom stereocenters. The van der Waals surface area contributed by atoms with Crippen LogP contribution in [0.2, 0.25) is 0 Å². The van der Waals surface area contributed by atoms with Crippen LogP contribution >= 0.6 is 0 Å². The van der Waals surface area contributed by atoms with Gasteiger partial charge < -0.3 is 4.98 Å². The van der Waals surface area contributed by atoms with Gasteiger partial charge >= 0.3 is 0 Å². The number of aromatic amines is 1. The van der Waals surface area contributed by atoms with E-state index in [4.69, 9.17) is 0 Å². The molecule has 0 aliphatic carbocycles. The van der Waals surface area contributed by atoms with Crippen molar-refractivity contribution in [1.82, 2.24) is 4.98 Å². The van der Waals surface area contributed by atoms with Crippen LogP contribution in [-0.2, 0) is 0 Å². The predicted molar refractivity (Wildman–Crippen MR) is 88.0 cm³/mol. The second-order valence-electron chi connectivity index (χ2n) is 5.07. The van der Waals surface area contributed by atoms with Crippen molar-refractivity contribution >= 4 is 10.9 Å². The Kier molecular flexibility index (Phi) is 2.82. The van der Waals surface area contributed by atoms with Crippen LogP contribution in [0.1, 0.15) is 0 Å². The fraction of sp³-hybridized carbons (Fsp3) is 0. The second kappa shape index (κ2) is 4.95. The van der Waals surface area contributed by atoms with Crippen molar-refractivity contribution in [3.05, 3.63) is 84.9 Å². The molecule has 0 saturated heterocycles. The topological polar surface area (TPSA) is 15.8 Å². The lowest BCUT2D eigenvalue weighted by atomic mass is 9.98. The molecule has 1 heteroatoms. The third-order valence-electron chi connectivity index (χ3n) is 3.74. The van der Waals surface area contributed by atoms with Crippen molar-refractivity contribution in [3.63, 3.8) is 0 Å². The van der Waals surface area contributed by atoms with Crippen LogP contribution in [0, 0.1) is 6.07 Å². The summed E-state index contributed by atoms with van der Waals surface area (Å²) in [5.41, 5.74) is 5.90. The lowest BCUT2D eigenvalue weighted by Crippen LogP contribution is -1.82. The first kappa shape index (κ1) is 12.0. The maximum absolute atomic E-state index is 3.55. The maximum atomic E-state index is 3.55. The van der Waals surface area contributed by atoms with Gasteiger partial charge in [0.05, 0.1) is 5.69 Å². The Hall–Kier alpha value is -2.80. The van der Waals surface area contributed by atoms with E-state index in [1.807, 2.05) is 24.3 Å². The van der Waals surface area contributed by atoms with Crippen LogP contribution in [0.25, 0.3) is 33.3 Å². The van der Waals surface area contributed by atoms with Gasteiger partial charge in [0.1, 0.15) is 0 Å². The molecule has 0 aliphatic heterocycles. The van der Waals surface area contributed by atoms with Gasteiger partial charge in [-0.3, -0.25) is 0 Å². The van der Waals surface area contributed by atoms with Crippen LogP contribution in [0.15, 0.2) is 78.9 Å². The van der Waals surface area contributed by atoms with E-state index in [9.17, 15) is 0 Å². The first-order valence-corrected chi connectivity index (χ1v) is 7.07. The average molecular weight is 268 g/mol. The van der Waals surface area contributed by atoms with Crippen LogP contribution in [-0.4, -0.2) is 4.98 Å². The zero-order valence-corrected chi connectivity index (χ0v) is 11.5. The number of hydrogen-bond donors (Lipinski definition) is 1. The summed E-state index contributed by atoms with van der Waals surface area (Å²) < 4.78 is 0. The van der Waals surface area contributed by atoms with E-state index in [0.29, 0.717) is 0 Å². The molecule has 4 rings (SSSR count).